The van der Waals surface area contributed by atoms with Crippen LogP contribution in [0.5, 0.6) is 0 Å². The monoisotopic (exact) mass is 702 g/mol. The lowest BCUT2D eigenvalue weighted by Gasteiger charge is -2.04. The Bertz CT molecular complexity index is 2800. The molecule has 4 heterocycles. The highest BCUT2D eigenvalue weighted by Gasteiger charge is 2.17. The molecule has 0 saturated carbocycles. The van der Waals surface area contributed by atoms with Crippen molar-refractivity contribution in [2.45, 2.75) is 0 Å². The quantitative estimate of drug-likeness (QED) is 0.139. The molecule has 0 aliphatic rings. The van der Waals surface area contributed by atoms with Gasteiger partial charge in [0.25, 0.3) is 0 Å². The van der Waals surface area contributed by atoms with Crippen LogP contribution in [0.4, 0.5) is 0 Å². The summed E-state index contributed by atoms with van der Waals surface area (Å²) in [5, 5.41) is 26.4. The van der Waals surface area contributed by atoms with Gasteiger partial charge in [-0.25, -0.2) is 9.97 Å². The fraction of sp³-hybridized carbons (Fsp3) is 0. The molecule has 0 unspecified atom stereocenters. The number of halogens is 1. The zero-order valence-corrected chi connectivity index (χ0v) is 29.0. The van der Waals surface area contributed by atoms with Gasteiger partial charge in [0.1, 0.15) is 5.15 Å². The molecule has 10 rings (SSSR count). The number of hydrogen-bond donors (Lipinski definition) is 2. The number of aromatic nitrogens is 2. The van der Waals surface area contributed by atoms with E-state index in [1.807, 2.05) is 78.1 Å². The van der Waals surface area contributed by atoms with E-state index in [1.54, 1.807) is 23.5 Å². The molecule has 2 N–H and O–H groups in total. The van der Waals surface area contributed by atoms with Crippen molar-refractivity contribution in [1.29, 1.82) is 0 Å². The van der Waals surface area contributed by atoms with E-state index in [0.29, 0.717) is 10.6 Å². The highest BCUT2D eigenvalue weighted by atomic mass is 35.5. The summed E-state index contributed by atoms with van der Waals surface area (Å²) in [5.74, 6) is 0. The lowest BCUT2D eigenvalue weighted by molar-refractivity contribution is 0.426. The zero-order chi connectivity index (χ0) is 34.0. The molecule has 0 aliphatic heterocycles. The molecular weight excluding hydrogens is 675 g/mol. The van der Waals surface area contributed by atoms with E-state index in [1.165, 1.54) is 41.2 Å². The number of nitrogens with zero attached hydrogens (tertiary/aromatic N) is 2. The molecule has 10 aromatic rings. The maximum Gasteiger partial charge on any atom is 0.489 e. The molecule has 4 nitrogen and oxygen atoms in total. The summed E-state index contributed by atoms with van der Waals surface area (Å²) in [6.07, 6.45) is 0. The first-order valence-electron chi connectivity index (χ1n) is 16.1. The van der Waals surface area contributed by atoms with Gasteiger partial charge >= 0.3 is 7.12 Å². The molecular formula is C42H28BClN2O2S2. The number of fused-ring (bicyclic) bond motifs is 8. The Morgan fingerprint density at radius 3 is 1.66 bits per heavy atom. The van der Waals surface area contributed by atoms with E-state index in [2.05, 4.69) is 83.8 Å². The molecule has 4 aromatic heterocycles. The predicted octanol–water partition coefficient (Wildman–Crippen LogP) is 10.9. The molecule has 0 bridgehead atoms. The van der Waals surface area contributed by atoms with Crippen molar-refractivity contribution >= 4 is 109 Å². The van der Waals surface area contributed by atoms with Crippen molar-refractivity contribution in [2.24, 2.45) is 0 Å². The minimum atomic E-state index is -1.41. The normalized spacial score (nSPS) is 11.1. The van der Waals surface area contributed by atoms with Gasteiger partial charge in [-0.3, -0.25) is 0 Å². The third-order valence-corrected chi connectivity index (χ3v) is 11.2. The molecule has 0 fully saturated rings. The van der Waals surface area contributed by atoms with Gasteiger partial charge in [-0.2, -0.15) is 0 Å². The van der Waals surface area contributed by atoms with Crippen LogP contribution in [0.15, 0.2) is 158 Å². The largest absolute Gasteiger partial charge is 0.489 e. The minimum absolute atomic E-state index is 0.545. The SMILES string of the molecule is Clc1ccc2ccccc2n1.OB(O)c1cccc2c1sc1ccccc12.c1ccc2nc(-c3cccc4c3sc3ccccc34)ccc2c1. The number of benzene rings is 6. The molecule has 50 heavy (non-hydrogen) atoms. The number of pyridine rings is 2. The van der Waals surface area contributed by atoms with E-state index in [4.69, 9.17) is 16.6 Å². The second kappa shape index (κ2) is 14.0. The lowest BCUT2D eigenvalue weighted by Crippen LogP contribution is -2.29. The minimum Gasteiger partial charge on any atom is -0.423 e. The Labute approximate surface area is 301 Å². The summed E-state index contributed by atoms with van der Waals surface area (Å²) in [4.78, 5) is 9.01. The van der Waals surface area contributed by atoms with Crippen molar-refractivity contribution in [3.8, 4) is 11.3 Å². The van der Waals surface area contributed by atoms with Crippen molar-refractivity contribution < 1.29 is 10.0 Å². The van der Waals surface area contributed by atoms with E-state index in [9.17, 15) is 10.0 Å². The van der Waals surface area contributed by atoms with Gasteiger partial charge in [-0.1, -0.05) is 127 Å². The molecule has 8 heteroatoms. The molecule has 6 aromatic carbocycles. The number of para-hydroxylation sites is 2. The molecule has 0 amide bonds. The van der Waals surface area contributed by atoms with Crippen molar-refractivity contribution in [2.75, 3.05) is 0 Å². The summed E-state index contributed by atoms with van der Waals surface area (Å²) in [6, 6.07) is 53.0. The molecule has 0 atom stereocenters. The Morgan fingerprint density at radius 1 is 0.460 bits per heavy atom. The van der Waals surface area contributed by atoms with Gasteiger partial charge in [0.2, 0.25) is 0 Å². The average Bonchev–Trinajstić information content (AvgIpc) is 3.74. The topological polar surface area (TPSA) is 66.2 Å². The zero-order valence-electron chi connectivity index (χ0n) is 26.6. The standard InChI is InChI=1S/C21H13NS.C12H9BO2S.C9H6ClN/c1-3-10-18-14(6-1)12-13-19(22-18)17-9-5-8-16-15-7-2-4-11-20(15)23-21(16)17;14-13(15)10-6-3-5-9-8-4-1-2-7-11(8)16-12(9)10;10-9-6-5-7-3-1-2-4-8(7)11-9/h1-13H;1-7,14-15H;1-6H. The van der Waals surface area contributed by atoms with Gasteiger partial charge in [0.15, 0.2) is 0 Å². The number of rotatable bonds is 2. The summed E-state index contributed by atoms with van der Waals surface area (Å²) in [7, 11) is -1.41. The average molecular weight is 703 g/mol. The van der Waals surface area contributed by atoms with Crippen LogP contribution >= 0.6 is 34.3 Å². The van der Waals surface area contributed by atoms with Crippen molar-refractivity contribution in [3.05, 3.63) is 163 Å². The third kappa shape index (κ3) is 6.34. The fourth-order valence-electron chi connectivity index (χ4n) is 6.18. The van der Waals surface area contributed by atoms with Gasteiger partial charge in [-0.05, 0) is 53.3 Å². The van der Waals surface area contributed by atoms with Crippen LogP contribution < -0.4 is 5.46 Å². The molecule has 0 spiro atoms. The van der Waals surface area contributed by atoms with E-state index in [0.717, 1.165) is 32.2 Å². The van der Waals surface area contributed by atoms with Crippen LogP contribution in [-0.2, 0) is 0 Å². The second-order valence-electron chi connectivity index (χ2n) is 11.7. The molecule has 0 saturated heterocycles. The first kappa shape index (κ1) is 32.1. The number of hydrogen-bond acceptors (Lipinski definition) is 6. The summed E-state index contributed by atoms with van der Waals surface area (Å²) in [6.45, 7) is 0. The van der Waals surface area contributed by atoms with E-state index in [-0.39, 0.29) is 0 Å². The van der Waals surface area contributed by atoms with Crippen molar-refractivity contribution in [1.82, 2.24) is 9.97 Å². The van der Waals surface area contributed by atoms with Crippen LogP contribution in [0.25, 0.3) is 73.4 Å². The second-order valence-corrected chi connectivity index (χ2v) is 14.2. The highest BCUT2D eigenvalue weighted by molar-refractivity contribution is 7.27. The maximum atomic E-state index is 9.31. The van der Waals surface area contributed by atoms with Gasteiger partial charge in [0, 0.05) is 51.3 Å². The summed E-state index contributed by atoms with van der Waals surface area (Å²) >= 11 is 9.15. The van der Waals surface area contributed by atoms with Gasteiger partial charge < -0.3 is 10.0 Å². The molecule has 240 valence electrons. The Hall–Kier alpha value is -5.15. The Kier molecular flexibility index (Phi) is 8.98. The smallest absolute Gasteiger partial charge is 0.423 e. The van der Waals surface area contributed by atoms with E-state index >= 15 is 0 Å². The predicted molar refractivity (Wildman–Crippen MR) is 216 cm³/mol. The van der Waals surface area contributed by atoms with Crippen LogP contribution in [0.2, 0.25) is 5.15 Å². The van der Waals surface area contributed by atoms with Crippen LogP contribution in [0.1, 0.15) is 0 Å². The summed E-state index contributed by atoms with van der Waals surface area (Å²) in [5.41, 5.74) is 4.83. The maximum absolute atomic E-state index is 9.31. The van der Waals surface area contributed by atoms with Crippen LogP contribution in [0.3, 0.4) is 0 Å². The van der Waals surface area contributed by atoms with Gasteiger partial charge in [0.05, 0.1) is 16.7 Å². The van der Waals surface area contributed by atoms with Gasteiger partial charge in [-0.15, -0.1) is 22.7 Å². The molecule has 0 aliphatic carbocycles. The summed E-state index contributed by atoms with van der Waals surface area (Å²) < 4.78 is 4.77. The van der Waals surface area contributed by atoms with Crippen molar-refractivity contribution in [3.63, 3.8) is 0 Å². The Morgan fingerprint density at radius 2 is 0.980 bits per heavy atom. The Balaban J connectivity index is 0.000000116. The fourth-order valence-corrected chi connectivity index (χ4v) is 8.79. The van der Waals surface area contributed by atoms with Crippen LogP contribution in [-0.4, -0.2) is 27.1 Å². The van der Waals surface area contributed by atoms with Crippen LogP contribution in [0, 0.1) is 0 Å². The molecule has 0 radical (unpaired) electrons. The number of thiophene rings is 2. The van der Waals surface area contributed by atoms with E-state index < -0.39 is 7.12 Å². The third-order valence-electron chi connectivity index (χ3n) is 8.56. The highest BCUT2D eigenvalue weighted by Crippen LogP contribution is 2.39. The first-order chi connectivity index (χ1) is 24.5. The lowest BCUT2D eigenvalue weighted by atomic mass is 9.80. The first-order valence-corrected chi connectivity index (χ1v) is 18.1.